The number of nitrogens with one attached hydrogen (secondary N) is 1. The summed E-state index contributed by atoms with van der Waals surface area (Å²) in [4.78, 5) is 0. The van der Waals surface area contributed by atoms with Gasteiger partial charge in [-0.1, -0.05) is 38.3 Å². The number of benzene rings is 1. The van der Waals surface area contributed by atoms with Crippen LogP contribution in [0.1, 0.15) is 56.2 Å². The van der Waals surface area contributed by atoms with E-state index in [0.717, 1.165) is 31.7 Å². The average molecular weight is 286 g/mol. The summed E-state index contributed by atoms with van der Waals surface area (Å²) in [7, 11) is 0. The molecule has 0 radical (unpaired) electrons. The van der Waals surface area contributed by atoms with Crippen molar-refractivity contribution in [3.8, 4) is 0 Å². The summed E-state index contributed by atoms with van der Waals surface area (Å²) in [6.07, 6.45) is 1.05. The summed E-state index contributed by atoms with van der Waals surface area (Å²) >= 11 is 0. The third kappa shape index (κ3) is 3.15. The average Bonchev–Trinajstić information content (AvgIpc) is 2.39. The van der Waals surface area contributed by atoms with E-state index in [4.69, 9.17) is 5.84 Å². The Bertz CT molecular complexity index is 451. The molecule has 20 heavy (non-hydrogen) atoms. The molecule has 112 valence electrons. The first-order valence-corrected chi connectivity index (χ1v) is 7.00. The molecule has 0 bridgehead atoms. The molecule has 2 rings (SSSR count). The maximum atomic E-state index is 12.8. The van der Waals surface area contributed by atoms with E-state index in [1.807, 2.05) is 0 Å². The van der Waals surface area contributed by atoms with Crippen LogP contribution in [0.3, 0.4) is 0 Å². The predicted molar refractivity (Wildman–Crippen MR) is 72.7 cm³/mol. The fraction of sp³-hybridized carbons (Fsp3) is 0.600. The summed E-state index contributed by atoms with van der Waals surface area (Å²) in [6, 6.07) is 5.24. The van der Waals surface area contributed by atoms with E-state index in [-0.39, 0.29) is 11.5 Å². The third-order valence-electron chi connectivity index (χ3n) is 4.41. The molecule has 1 aromatic rings. The van der Waals surface area contributed by atoms with Crippen molar-refractivity contribution >= 4 is 0 Å². The Labute approximate surface area is 117 Å². The summed E-state index contributed by atoms with van der Waals surface area (Å²) in [5, 5.41) is 0. The SMILES string of the molecule is CC1(C(NN)c2cccc(C(F)(F)F)c2)CCCCC1. The van der Waals surface area contributed by atoms with Gasteiger partial charge in [0, 0.05) is 0 Å². The third-order valence-corrected chi connectivity index (χ3v) is 4.41. The lowest BCUT2D eigenvalue weighted by molar-refractivity contribution is -0.137. The number of hydrogen-bond acceptors (Lipinski definition) is 2. The minimum absolute atomic E-state index is 0.0861. The number of nitrogens with two attached hydrogens (primary N) is 1. The number of alkyl halides is 3. The van der Waals surface area contributed by atoms with Crippen LogP contribution in [0, 0.1) is 5.41 Å². The van der Waals surface area contributed by atoms with Gasteiger partial charge in [-0.2, -0.15) is 13.2 Å². The molecular weight excluding hydrogens is 265 g/mol. The minimum atomic E-state index is -4.32. The molecule has 0 saturated heterocycles. The first-order chi connectivity index (χ1) is 9.37. The molecule has 1 unspecified atom stereocenters. The number of rotatable bonds is 3. The standard InChI is InChI=1S/C15H21F3N2/c1-14(8-3-2-4-9-14)13(20-19)11-6-5-7-12(10-11)15(16,17)18/h5-7,10,13,20H,2-4,8-9,19H2,1H3. The molecule has 2 nitrogen and oxygen atoms in total. The monoisotopic (exact) mass is 286 g/mol. The van der Waals surface area contributed by atoms with Crippen molar-refractivity contribution < 1.29 is 13.2 Å². The lowest BCUT2D eigenvalue weighted by atomic mass is 9.69. The molecule has 1 aliphatic carbocycles. The Morgan fingerprint density at radius 2 is 1.85 bits per heavy atom. The van der Waals surface area contributed by atoms with E-state index >= 15 is 0 Å². The Hall–Kier alpha value is -1.07. The van der Waals surface area contributed by atoms with Gasteiger partial charge in [0.15, 0.2) is 0 Å². The van der Waals surface area contributed by atoms with E-state index < -0.39 is 11.7 Å². The molecule has 1 atom stereocenters. The Balaban J connectivity index is 2.32. The molecule has 0 aromatic heterocycles. The van der Waals surface area contributed by atoms with Gasteiger partial charge in [-0.3, -0.25) is 11.3 Å². The van der Waals surface area contributed by atoms with Crippen molar-refractivity contribution in [3.63, 3.8) is 0 Å². The maximum Gasteiger partial charge on any atom is 0.416 e. The van der Waals surface area contributed by atoms with Crippen LogP contribution in [0.2, 0.25) is 0 Å². The summed E-state index contributed by atoms with van der Waals surface area (Å²) < 4.78 is 38.5. The largest absolute Gasteiger partial charge is 0.416 e. The highest BCUT2D eigenvalue weighted by atomic mass is 19.4. The van der Waals surface area contributed by atoms with Gasteiger partial charge >= 0.3 is 6.18 Å². The van der Waals surface area contributed by atoms with Crippen molar-refractivity contribution in [1.82, 2.24) is 5.43 Å². The zero-order chi connectivity index (χ0) is 14.8. The molecule has 5 heteroatoms. The summed E-state index contributed by atoms with van der Waals surface area (Å²) in [5.41, 5.74) is 2.66. The Morgan fingerprint density at radius 3 is 2.40 bits per heavy atom. The fourth-order valence-corrected chi connectivity index (χ4v) is 3.24. The molecular formula is C15H21F3N2. The first kappa shape index (κ1) is 15.3. The molecule has 3 N–H and O–H groups in total. The molecule has 0 aliphatic heterocycles. The normalized spacial score (nSPS) is 20.6. The van der Waals surface area contributed by atoms with E-state index in [9.17, 15) is 13.2 Å². The molecule has 1 aliphatic rings. The number of halogens is 3. The second-order valence-electron chi connectivity index (χ2n) is 5.94. The number of hydrazine groups is 1. The molecule has 0 spiro atoms. The van der Waals surface area contributed by atoms with Crippen molar-refractivity contribution in [3.05, 3.63) is 35.4 Å². The van der Waals surface area contributed by atoms with Gasteiger partial charge in [0.2, 0.25) is 0 Å². The van der Waals surface area contributed by atoms with Gasteiger partial charge in [-0.05, 0) is 36.0 Å². The van der Waals surface area contributed by atoms with E-state index in [1.165, 1.54) is 18.6 Å². The molecule has 1 fully saturated rings. The van der Waals surface area contributed by atoms with Crippen LogP contribution in [0.5, 0.6) is 0 Å². The van der Waals surface area contributed by atoms with E-state index in [0.29, 0.717) is 5.56 Å². The van der Waals surface area contributed by atoms with E-state index in [2.05, 4.69) is 12.3 Å². The van der Waals surface area contributed by atoms with Crippen LogP contribution in [-0.2, 0) is 6.18 Å². The van der Waals surface area contributed by atoms with Gasteiger partial charge in [0.25, 0.3) is 0 Å². The van der Waals surface area contributed by atoms with Gasteiger partial charge < -0.3 is 0 Å². The maximum absolute atomic E-state index is 12.8. The van der Waals surface area contributed by atoms with Gasteiger partial charge in [0.05, 0.1) is 11.6 Å². The Kier molecular flexibility index (Phi) is 4.39. The molecule has 1 aromatic carbocycles. The lowest BCUT2D eigenvalue weighted by Crippen LogP contribution is -2.41. The van der Waals surface area contributed by atoms with Crippen molar-refractivity contribution in [2.24, 2.45) is 11.3 Å². The van der Waals surface area contributed by atoms with Gasteiger partial charge in [-0.15, -0.1) is 0 Å². The van der Waals surface area contributed by atoms with Crippen LogP contribution < -0.4 is 11.3 Å². The minimum Gasteiger partial charge on any atom is -0.271 e. The van der Waals surface area contributed by atoms with Crippen LogP contribution in [0.25, 0.3) is 0 Å². The van der Waals surface area contributed by atoms with Crippen LogP contribution in [0.15, 0.2) is 24.3 Å². The van der Waals surface area contributed by atoms with Crippen molar-refractivity contribution in [1.29, 1.82) is 0 Å². The quantitative estimate of drug-likeness (QED) is 0.646. The Morgan fingerprint density at radius 1 is 1.20 bits per heavy atom. The van der Waals surface area contributed by atoms with Gasteiger partial charge in [0.1, 0.15) is 0 Å². The van der Waals surface area contributed by atoms with Crippen LogP contribution in [0.4, 0.5) is 13.2 Å². The molecule has 1 saturated carbocycles. The van der Waals surface area contributed by atoms with E-state index in [1.54, 1.807) is 6.07 Å². The zero-order valence-electron chi connectivity index (χ0n) is 11.6. The molecule has 0 amide bonds. The predicted octanol–water partition coefficient (Wildman–Crippen LogP) is 4.18. The van der Waals surface area contributed by atoms with Crippen LogP contribution in [-0.4, -0.2) is 0 Å². The summed E-state index contributed by atoms with van der Waals surface area (Å²) in [6.45, 7) is 2.11. The first-order valence-electron chi connectivity index (χ1n) is 7.00. The second-order valence-corrected chi connectivity index (χ2v) is 5.94. The molecule has 0 heterocycles. The lowest BCUT2D eigenvalue weighted by Gasteiger charge is -2.40. The fourth-order valence-electron chi connectivity index (χ4n) is 3.24. The highest BCUT2D eigenvalue weighted by molar-refractivity contribution is 5.29. The topological polar surface area (TPSA) is 38.0 Å². The van der Waals surface area contributed by atoms with Crippen molar-refractivity contribution in [2.45, 2.75) is 51.2 Å². The van der Waals surface area contributed by atoms with Gasteiger partial charge in [-0.25, -0.2) is 0 Å². The zero-order valence-corrected chi connectivity index (χ0v) is 11.6. The van der Waals surface area contributed by atoms with Crippen LogP contribution >= 0.6 is 0 Å². The smallest absolute Gasteiger partial charge is 0.271 e. The number of hydrogen-bond donors (Lipinski definition) is 2. The highest BCUT2D eigenvalue weighted by Crippen LogP contribution is 2.45. The highest BCUT2D eigenvalue weighted by Gasteiger charge is 2.37. The second kappa shape index (κ2) is 5.74. The van der Waals surface area contributed by atoms with Crippen molar-refractivity contribution in [2.75, 3.05) is 0 Å². The summed E-state index contributed by atoms with van der Waals surface area (Å²) in [5.74, 6) is 5.65.